The predicted octanol–water partition coefficient (Wildman–Crippen LogP) is 12.6. The fraction of sp³-hybridized carbons (Fsp3) is 0.0204. The number of benzene rings is 8. The molecular weight excluding hydrogens is 874 g/mol. The first kappa shape index (κ1) is 31.7. The van der Waals surface area contributed by atoms with Crippen molar-refractivity contribution in [3.05, 3.63) is 181 Å². The van der Waals surface area contributed by atoms with Crippen LogP contribution in [0.5, 0.6) is 5.75 Å². The van der Waals surface area contributed by atoms with E-state index >= 15 is 0 Å². The molecule has 5 nitrogen and oxygen atoms in total. The van der Waals surface area contributed by atoms with Gasteiger partial charge in [-0.1, -0.05) is 89.8 Å². The standard InChI is InChI=1S/C38H23N2O2.C11H7FN.Ir/c1-22-8-6-15-34-36(22)40(38(39-34)32-14-7-13-31-30-19-17-24(41)21-35(30)42-37(31)32)23-16-18-29-27-11-3-2-9-25(27)26-10-4-5-12-28(26)33(29)20-23;12-10-6-4-9(5-7-10)11-3-1-2-8-13-11;/h2-13,15-21,41H,1H3;1-4,6-8H;/q2*-1;/i1D3;;. The van der Waals surface area contributed by atoms with Crippen LogP contribution < -0.4 is 0 Å². The number of nitrogens with zero attached hydrogens (tertiary/aromatic N) is 3. The number of hydrogen-bond acceptors (Lipinski definition) is 4. The monoisotopic (exact) mass is 907 g/mol. The number of phenolic OH excluding ortho intramolecular Hbond substituents is 1. The minimum atomic E-state index is -2.37. The number of fused-ring (bicyclic) bond motifs is 10. The van der Waals surface area contributed by atoms with Crippen molar-refractivity contribution < 1.29 is 38.1 Å². The number of para-hydroxylation sites is 1. The molecule has 0 amide bonds. The molecule has 0 atom stereocenters. The molecule has 0 saturated heterocycles. The van der Waals surface area contributed by atoms with Crippen LogP contribution in [0.25, 0.3) is 93.6 Å². The molecule has 3 aromatic heterocycles. The van der Waals surface area contributed by atoms with Crippen molar-refractivity contribution >= 4 is 65.3 Å². The maximum absolute atomic E-state index is 12.6. The third-order valence-electron chi connectivity index (χ3n) is 10.0. The molecule has 0 aliphatic carbocycles. The number of furan rings is 1. The van der Waals surface area contributed by atoms with Crippen LogP contribution in [-0.2, 0) is 20.1 Å². The summed E-state index contributed by atoms with van der Waals surface area (Å²) in [5, 5.41) is 18.6. The van der Waals surface area contributed by atoms with Crippen molar-refractivity contribution in [1.82, 2.24) is 14.5 Å². The summed E-state index contributed by atoms with van der Waals surface area (Å²) < 4.78 is 46.1. The van der Waals surface area contributed by atoms with Crippen LogP contribution in [0.3, 0.4) is 0 Å². The van der Waals surface area contributed by atoms with Gasteiger partial charge in [0.2, 0.25) is 0 Å². The Hall–Kier alpha value is -6.66. The molecule has 0 fully saturated rings. The van der Waals surface area contributed by atoms with E-state index in [2.05, 4.69) is 71.7 Å². The van der Waals surface area contributed by atoms with E-state index in [1.165, 1.54) is 17.5 Å². The Morgan fingerprint density at radius 1 is 0.696 bits per heavy atom. The summed E-state index contributed by atoms with van der Waals surface area (Å²) in [6, 6.07) is 53.2. The summed E-state index contributed by atoms with van der Waals surface area (Å²) in [6.07, 6.45) is 1.70. The second-order valence-electron chi connectivity index (χ2n) is 13.3. The first-order valence-electron chi connectivity index (χ1n) is 19.2. The molecule has 0 unspecified atom stereocenters. The number of hydrogen-bond donors (Lipinski definition) is 1. The summed E-state index contributed by atoms with van der Waals surface area (Å²) >= 11 is 0. The fourth-order valence-corrected chi connectivity index (χ4v) is 7.56. The summed E-state index contributed by atoms with van der Waals surface area (Å²) in [7, 11) is 0. The smallest absolute Gasteiger partial charge is 0.124 e. The molecule has 0 aliphatic heterocycles. The largest absolute Gasteiger partial charge is 0.508 e. The molecule has 11 aromatic rings. The zero-order valence-electron chi connectivity index (χ0n) is 32.4. The number of imidazole rings is 1. The zero-order chi connectivity index (χ0) is 39.5. The zero-order valence-corrected chi connectivity index (χ0v) is 31.8. The Morgan fingerprint density at radius 3 is 2.14 bits per heavy atom. The summed E-state index contributed by atoms with van der Waals surface area (Å²) in [4.78, 5) is 9.16. The van der Waals surface area contributed by atoms with Gasteiger partial charge < -0.3 is 19.1 Å². The Kier molecular flexibility index (Phi) is 8.03. The third-order valence-corrected chi connectivity index (χ3v) is 10.0. The summed E-state index contributed by atoms with van der Waals surface area (Å²) in [6.45, 7) is -2.37. The van der Waals surface area contributed by atoms with E-state index in [1.54, 1.807) is 36.5 Å². The molecular formula is C49H30FIrN3O2-2. The maximum atomic E-state index is 12.6. The minimum absolute atomic E-state index is 0. The molecule has 8 aromatic carbocycles. The average Bonchev–Trinajstić information content (AvgIpc) is 3.82. The normalized spacial score (nSPS) is 12.3. The van der Waals surface area contributed by atoms with Crippen LogP contribution in [0.1, 0.15) is 9.68 Å². The molecule has 56 heavy (non-hydrogen) atoms. The molecule has 0 bridgehead atoms. The molecule has 1 N–H and O–H groups in total. The number of phenols is 1. The predicted molar refractivity (Wildman–Crippen MR) is 220 cm³/mol. The van der Waals surface area contributed by atoms with Crippen molar-refractivity contribution in [2.75, 3.05) is 0 Å². The first-order valence-corrected chi connectivity index (χ1v) is 17.7. The Morgan fingerprint density at radius 2 is 1.43 bits per heavy atom. The first-order chi connectivity index (χ1) is 28.2. The Bertz CT molecular complexity index is 3330. The van der Waals surface area contributed by atoms with Gasteiger partial charge in [-0.25, -0.2) is 0 Å². The van der Waals surface area contributed by atoms with E-state index < -0.39 is 6.85 Å². The molecule has 0 aliphatic rings. The average molecular weight is 907 g/mol. The number of halogens is 1. The number of rotatable bonds is 3. The third kappa shape index (κ3) is 5.89. The minimum Gasteiger partial charge on any atom is -0.508 e. The van der Waals surface area contributed by atoms with E-state index in [0.29, 0.717) is 33.6 Å². The summed E-state index contributed by atoms with van der Waals surface area (Å²) in [5.74, 6) is 0.345. The van der Waals surface area contributed by atoms with E-state index in [4.69, 9.17) is 13.5 Å². The summed E-state index contributed by atoms with van der Waals surface area (Å²) in [5.41, 5.74) is 5.37. The van der Waals surface area contributed by atoms with Crippen molar-refractivity contribution in [3.8, 4) is 34.1 Å². The molecule has 1 radical (unpaired) electrons. The van der Waals surface area contributed by atoms with Gasteiger partial charge in [-0.2, -0.15) is 0 Å². The van der Waals surface area contributed by atoms with Crippen molar-refractivity contribution in [2.45, 2.75) is 6.85 Å². The molecule has 271 valence electrons. The fourth-order valence-electron chi connectivity index (χ4n) is 7.56. The van der Waals surface area contributed by atoms with Crippen LogP contribution in [0.15, 0.2) is 162 Å². The second kappa shape index (κ2) is 14.2. The van der Waals surface area contributed by atoms with E-state index in [-0.39, 0.29) is 37.2 Å². The van der Waals surface area contributed by atoms with Crippen LogP contribution in [0.4, 0.5) is 4.39 Å². The Labute approximate surface area is 338 Å². The number of aryl methyl sites for hydroxylation is 1. The van der Waals surface area contributed by atoms with Gasteiger partial charge in [0.1, 0.15) is 11.3 Å². The second-order valence-corrected chi connectivity index (χ2v) is 13.3. The van der Waals surface area contributed by atoms with Gasteiger partial charge in [0.05, 0.1) is 22.4 Å². The molecule has 0 saturated carbocycles. The topological polar surface area (TPSA) is 64.1 Å². The van der Waals surface area contributed by atoms with Crippen molar-refractivity contribution in [3.63, 3.8) is 0 Å². The van der Waals surface area contributed by atoms with Crippen LogP contribution in [0, 0.1) is 24.8 Å². The van der Waals surface area contributed by atoms with E-state index in [0.717, 1.165) is 54.6 Å². The maximum Gasteiger partial charge on any atom is 0.124 e. The molecule has 7 heteroatoms. The van der Waals surface area contributed by atoms with Gasteiger partial charge >= 0.3 is 0 Å². The number of aromatic hydroxyl groups is 1. The van der Waals surface area contributed by atoms with Crippen LogP contribution in [0.2, 0.25) is 0 Å². The quantitative estimate of drug-likeness (QED) is 0.142. The van der Waals surface area contributed by atoms with Gasteiger partial charge in [-0.3, -0.25) is 9.37 Å². The van der Waals surface area contributed by atoms with E-state index in [1.807, 2.05) is 59.2 Å². The van der Waals surface area contributed by atoms with Crippen LogP contribution >= 0.6 is 0 Å². The SMILES string of the molecule is Fc1c[c-]c(-c2ccccn2)cc1.[2H]C([2H])([2H])c1cccc2nc(-c3[c-]ccc4c3oc3cc(O)ccc34)n(-c3ccc4c5ccccc5c5ccccc5c4c3)c12.[Ir]. The Balaban J connectivity index is 0.000000274. The van der Waals surface area contributed by atoms with Crippen LogP contribution in [-0.4, -0.2) is 19.6 Å². The van der Waals surface area contributed by atoms with E-state index in [9.17, 15) is 9.50 Å². The van der Waals surface area contributed by atoms with Crippen molar-refractivity contribution in [1.29, 1.82) is 0 Å². The molecule has 11 rings (SSSR count). The molecule has 3 heterocycles. The number of pyridine rings is 1. The van der Waals surface area contributed by atoms with Gasteiger partial charge in [0.15, 0.2) is 0 Å². The van der Waals surface area contributed by atoms with Gasteiger partial charge in [0, 0.05) is 53.4 Å². The van der Waals surface area contributed by atoms with Gasteiger partial charge in [-0.15, -0.1) is 48.0 Å². The van der Waals surface area contributed by atoms with Gasteiger partial charge in [-0.05, 0) is 86.8 Å². The number of aromatic nitrogens is 3. The van der Waals surface area contributed by atoms with Crippen molar-refractivity contribution in [2.24, 2.45) is 0 Å². The van der Waals surface area contributed by atoms with Gasteiger partial charge in [0.25, 0.3) is 0 Å². The molecule has 0 spiro atoms.